The molecule has 1 aromatic heterocycles. The minimum absolute atomic E-state index is 0.242. The molecule has 0 spiro atoms. The van der Waals surface area contributed by atoms with E-state index < -0.39 is 12.1 Å². The number of aromatic amines is 1. The quantitative estimate of drug-likeness (QED) is 0.539. The van der Waals surface area contributed by atoms with Crippen LogP contribution in [0.3, 0.4) is 0 Å². The molecule has 5 heteroatoms. The Balaban J connectivity index is 1.60. The molecule has 134 valence electrons. The van der Waals surface area contributed by atoms with Crippen LogP contribution in [-0.4, -0.2) is 29.4 Å². The van der Waals surface area contributed by atoms with E-state index in [1.807, 2.05) is 50.2 Å². The molecule has 1 N–H and O–H groups in total. The Bertz CT molecular complexity index is 958. The van der Waals surface area contributed by atoms with E-state index in [9.17, 15) is 9.59 Å². The lowest BCUT2D eigenvalue weighted by atomic mass is 10.1. The smallest absolute Gasteiger partial charge is 0.344 e. The van der Waals surface area contributed by atoms with Crippen LogP contribution in [0.1, 0.15) is 28.4 Å². The number of nitrogens with one attached hydrogen (secondary N) is 1. The number of aromatic nitrogens is 1. The molecule has 1 atom stereocenters. The van der Waals surface area contributed by atoms with Crippen molar-refractivity contribution in [3.05, 3.63) is 65.4 Å². The second-order valence-corrected chi connectivity index (χ2v) is 6.28. The third kappa shape index (κ3) is 3.77. The van der Waals surface area contributed by atoms with Gasteiger partial charge in [0.15, 0.2) is 12.7 Å². The van der Waals surface area contributed by atoms with Crippen molar-refractivity contribution in [1.82, 2.24) is 4.98 Å². The molecule has 3 rings (SSSR count). The van der Waals surface area contributed by atoms with Crippen LogP contribution in [0.5, 0.6) is 5.75 Å². The zero-order valence-electron chi connectivity index (χ0n) is 15.0. The van der Waals surface area contributed by atoms with Gasteiger partial charge in [0.1, 0.15) is 5.75 Å². The second kappa shape index (κ2) is 7.44. The molecule has 0 aliphatic carbocycles. The van der Waals surface area contributed by atoms with Crippen molar-refractivity contribution in [1.29, 1.82) is 0 Å². The second-order valence-electron chi connectivity index (χ2n) is 6.28. The Morgan fingerprint density at radius 3 is 2.62 bits per heavy atom. The molecule has 0 saturated heterocycles. The Hall–Kier alpha value is -3.08. The van der Waals surface area contributed by atoms with Gasteiger partial charge in [-0.05, 0) is 50.1 Å². The Morgan fingerprint density at radius 1 is 1.08 bits per heavy atom. The van der Waals surface area contributed by atoms with Crippen LogP contribution in [0, 0.1) is 13.8 Å². The molecule has 0 aliphatic heterocycles. The maximum Gasteiger partial charge on any atom is 0.344 e. The van der Waals surface area contributed by atoms with E-state index in [-0.39, 0.29) is 12.4 Å². The summed E-state index contributed by atoms with van der Waals surface area (Å²) in [4.78, 5) is 27.6. The van der Waals surface area contributed by atoms with E-state index in [0.717, 1.165) is 22.0 Å². The molecule has 26 heavy (non-hydrogen) atoms. The lowest BCUT2D eigenvalue weighted by molar-refractivity contribution is -0.148. The summed E-state index contributed by atoms with van der Waals surface area (Å²) in [7, 11) is 0. The highest BCUT2D eigenvalue weighted by Crippen LogP contribution is 2.20. The first kappa shape index (κ1) is 17.7. The zero-order chi connectivity index (χ0) is 18.7. The molecule has 2 aromatic carbocycles. The number of fused-ring (bicyclic) bond motifs is 1. The highest BCUT2D eigenvalue weighted by molar-refractivity contribution is 6.10. The third-order valence-corrected chi connectivity index (χ3v) is 4.37. The van der Waals surface area contributed by atoms with Gasteiger partial charge < -0.3 is 14.5 Å². The Kier molecular flexibility index (Phi) is 5.07. The van der Waals surface area contributed by atoms with E-state index >= 15 is 0 Å². The predicted octanol–water partition coefficient (Wildman–Crippen LogP) is 3.98. The molecule has 3 aromatic rings. The Labute approximate surface area is 151 Å². The number of hydrogen-bond acceptors (Lipinski definition) is 4. The average Bonchev–Trinajstić information content (AvgIpc) is 3.06. The molecule has 0 saturated carbocycles. The van der Waals surface area contributed by atoms with Crippen LogP contribution in [0.15, 0.2) is 48.7 Å². The largest absolute Gasteiger partial charge is 0.482 e. The molecular formula is C21H21NO4. The average molecular weight is 351 g/mol. The number of esters is 1. The first-order chi connectivity index (χ1) is 12.5. The third-order valence-electron chi connectivity index (χ3n) is 4.37. The van der Waals surface area contributed by atoms with E-state index in [0.29, 0.717) is 11.3 Å². The van der Waals surface area contributed by atoms with Crippen LogP contribution in [0.25, 0.3) is 10.9 Å². The number of ether oxygens (including phenoxy) is 2. The lowest BCUT2D eigenvalue weighted by Crippen LogP contribution is -2.27. The van der Waals surface area contributed by atoms with Crippen LogP contribution in [-0.2, 0) is 9.53 Å². The van der Waals surface area contributed by atoms with Crippen LogP contribution >= 0.6 is 0 Å². The van der Waals surface area contributed by atoms with Gasteiger partial charge in [-0.3, -0.25) is 4.79 Å². The molecule has 5 nitrogen and oxygen atoms in total. The minimum atomic E-state index is -0.884. The number of para-hydroxylation sites is 1. The van der Waals surface area contributed by atoms with E-state index in [2.05, 4.69) is 4.98 Å². The fourth-order valence-corrected chi connectivity index (χ4v) is 2.73. The number of hydrogen-bond donors (Lipinski definition) is 1. The highest BCUT2D eigenvalue weighted by atomic mass is 16.6. The number of carbonyl (C=O) groups is 2. The number of rotatable bonds is 6. The molecule has 0 amide bonds. The monoisotopic (exact) mass is 351 g/mol. The summed E-state index contributed by atoms with van der Waals surface area (Å²) >= 11 is 0. The summed E-state index contributed by atoms with van der Waals surface area (Å²) in [5.41, 5.74) is 3.61. The van der Waals surface area contributed by atoms with Gasteiger partial charge in [-0.2, -0.15) is 0 Å². The topological polar surface area (TPSA) is 68.4 Å². The van der Waals surface area contributed by atoms with E-state index in [1.54, 1.807) is 19.2 Å². The van der Waals surface area contributed by atoms with Gasteiger partial charge in [-0.15, -0.1) is 0 Å². The maximum absolute atomic E-state index is 12.6. The van der Waals surface area contributed by atoms with Crippen molar-refractivity contribution >= 4 is 22.7 Å². The van der Waals surface area contributed by atoms with E-state index in [4.69, 9.17) is 9.47 Å². The fraction of sp³-hybridized carbons (Fsp3) is 0.238. The number of Topliss-reactive ketones (excluding diaryl/α,β-unsaturated/α-hetero) is 1. The molecule has 0 aliphatic rings. The van der Waals surface area contributed by atoms with Crippen molar-refractivity contribution in [3.63, 3.8) is 0 Å². The summed E-state index contributed by atoms with van der Waals surface area (Å²) in [6.45, 7) is 5.31. The van der Waals surface area contributed by atoms with Gasteiger partial charge in [0.05, 0.1) is 0 Å². The SMILES string of the molecule is Cc1ccc(OCC(=O)O[C@H](C)C(=O)c2c[nH]c3ccccc23)cc1C. The van der Waals surface area contributed by atoms with E-state index in [1.165, 1.54) is 0 Å². The highest BCUT2D eigenvalue weighted by Gasteiger charge is 2.22. The molecule has 0 unspecified atom stereocenters. The summed E-state index contributed by atoms with van der Waals surface area (Å²) in [5.74, 6) is -0.230. The van der Waals surface area contributed by atoms with Gasteiger partial charge in [0, 0.05) is 22.7 Å². The number of H-pyrrole nitrogens is 1. The molecular weight excluding hydrogens is 330 g/mol. The molecule has 0 bridgehead atoms. The summed E-state index contributed by atoms with van der Waals surface area (Å²) in [6.07, 6.45) is 0.758. The maximum atomic E-state index is 12.6. The summed E-state index contributed by atoms with van der Waals surface area (Å²) < 4.78 is 10.7. The van der Waals surface area contributed by atoms with Crippen molar-refractivity contribution in [2.24, 2.45) is 0 Å². The molecule has 1 heterocycles. The zero-order valence-corrected chi connectivity index (χ0v) is 15.0. The standard InChI is InChI=1S/C21H21NO4/c1-13-8-9-16(10-14(13)2)25-12-20(23)26-15(3)21(24)18-11-22-19-7-5-4-6-17(18)19/h4-11,15,22H,12H2,1-3H3/t15-/m1/s1. The fourth-order valence-electron chi connectivity index (χ4n) is 2.73. The van der Waals surface area contributed by atoms with Gasteiger partial charge in [-0.1, -0.05) is 24.3 Å². The van der Waals surface area contributed by atoms with Gasteiger partial charge in [-0.25, -0.2) is 4.79 Å². The number of aryl methyl sites for hydroxylation is 2. The van der Waals surface area contributed by atoms with Crippen LogP contribution in [0.4, 0.5) is 0 Å². The van der Waals surface area contributed by atoms with Crippen LogP contribution < -0.4 is 4.74 Å². The van der Waals surface area contributed by atoms with Crippen molar-refractivity contribution in [2.75, 3.05) is 6.61 Å². The van der Waals surface area contributed by atoms with Crippen molar-refractivity contribution in [2.45, 2.75) is 26.9 Å². The van der Waals surface area contributed by atoms with Gasteiger partial charge in [0.2, 0.25) is 5.78 Å². The van der Waals surface area contributed by atoms with Crippen molar-refractivity contribution in [3.8, 4) is 5.75 Å². The minimum Gasteiger partial charge on any atom is -0.482 e. The van der Waals surface area contributed by atoms with Crippen LogP contribution in [0.2, 0.25) is 0 Å². The summed E-state index contributed by atoms with van der Waals surface area (Å²) in [5, 5.41) is 0.812. The summed E-state index contributed by atoms with van der Waals surface area (Å²) in [6, 6.07) is 13.1. The van der Waals surface area contributed by atoms with Crippen molar-refractivity contribution < 1.29 is 19.1 Å². The van der Waals surface area contributed by atoms with Gasteiger partial charge in [0.25, 0.3) is 0 Å². The lowest BCUT2D eigenvalue weighted by Gasteiger charge is -2.13. The molecule has 0 radical (unpaired) electrons. The first-order valence-electron chi connectivity index (χ1n) is 8.45. The first-order valence-corrected chi connectivity index (χ1v) is 8.45. The van der Waals surface area contributed by atoms with Gasteiger partial charge >= 0.3 is 5.97 Å². The number of benzene rings is 2. The molecule has 0 fully saturated rings. The number of carbonyl (C=O) groups excluding carboxylic acids is 2. The normalized spacial score (nSPS) is 12.0. The number of ketones is 1. The predicted molar refractivity (Wildman–Crippen MR) is 99.6 cm³/mol. The Morgan fingerprint density at radius 2 is 1.85 bits per heavy atom.